The van der Waals surface area contributed by atoms with E-state index in [-0.39, 0.29) is 12.2 Å². The average Bonchev–Trinajstić information content (AvgIpc) is 3.32. The second kappa shape index (κ2) is 14.3. The third-order valence-electron chi connectivity index (χ3n) is 6.96. The molecule has 7 heteroatoms. The Kier molecular flexibility index (Phi) is 11.5. The number of hydrogen-bond donors (Lipinski definition) is 1. The van der Waals surface area contributed by atoms with E-state index in [1.807, 2.05) is 52.0 Å². The lowest BCUT2D eigenvalue weighted by molar-refractivity contribution is -0.241. The lowest BCUT2D eigenvalue weighted by Gasteiger charge is -2.27. The van der Waals surface area contributed by atoms with Crippen LogP contribution in [0, 0.1) is 6.92 Å². The summed E-state index contributed by atoms with van der Waals surface area (Å²) in [4.78, 5) is 12.5. The molecule has 2 fully saturated rings. The molecule has 0 bridgehead atoms. The van der Waals surface area contributed by atoms with E-state index in [0.717, 1.165) is 24.1 Å². The van der Waals surface area contributed by atoms with Crippen molar-refractivity contribution in [1.82, 2.24) is 0 Å². The number of anilines is 1. The molecule has 0 radical (unpaired) electrons. The SMILES string of the molecule is CCCCCCCCCCCCO[C@H]1O[C@H]([C@@H](C)OC(=O)Nc2ccccc2C)[C@@H]2OC(C)(C)O[C@H]12. The van der Waals surface area contributed by atoms with Gasteiger partial charge in [0.15, 0.2) is 12.1 Å². The topological polar surface area (TPSA) is 75.3 Å². The molecule has 1 amide bonds. The molecule has 0 saturated carbocycles. The second-order valence-electron chi connectivity index (χ2n) is 10.6. The standard InChI is InChI=1S/C29H47NO6/c1-6-7-8-9-10-11-12-13-14-17-20-32-27-26-25(35-29(4,5)36-26)24(34-27)22(3)33-28(31)30-23-19-16-15-18-21(23)2/h15-16,18-19,22,24-27H,6-14,17,20H2,1-5H3,(H,30,31)/t22-,24-,25+,26+,27+/m1/s1. The van der Waals surface area contributed by atoms with Crippen LogP contribution >= 0.6 is 0 Å². The van der Waals surface area contributed by atoms with Gasteiger partial charge in [0.25, 0.3) is 0 Å². The first-order valence-corrected chi connectivity index (χ1v) is 14.0. The highest BCUT2D eigenvalue weighted by atomic mass is 16.8. The van der Waals surface area contributed by atoms with Crippen LogP contribution < -0.4 is 5.32 Å². The van der Waals surface area contributed by atoms with E-state index in [2.05, 4.69) is 12.2 Å². The first kappa shape index (κ1) is 28.9. The lowest BCUT2D eigenvalue weighted by Crippen LogP contribution is -2.40. The number of amides is 1. The predicted molar refractivity (Wildman–Crippen MR) is 141 cm³/mol. The number of carbonyl (C=O) groups is 1. The van der Waals surface area contributed by atoms with Crippen molar-refractivity contribution in [3.63, 3.8) is 0 Å². The van der Waals surface area contributed by atoms with E-state index in [4.69, 9.17) is 23.7 Å². The van der Waals surface area contributed by atoms with Crippen LogP contribution in [0.4, 0.5) is 10.5 Å². The number of unbranched alkanes of at least 4 members (excludes halogenated alkanes) is 9. The molecule has 2 heterocycles. The molecule has 1 aromatic carbocycles. The van der Waals surface area contributed by atoms with E-state index in [0.29, 0.717) is 6.61 Å². The molecule has 2 aliphatic rings. The van der Waals surface area contributed by atoms with E-state index >= 15 is 0 Å². The fourth-order valence-corrected chi connectivity index (χ4v) is 4.98. The number of carbonyl (C=O) groups excluding carboxylic acids is 1. The van der Waals surface area contributed by atoms with Crippen LogP contribution in [-0.2, 0) is 23.7 Å². The number of aryl methyl sites for hydroxylation is 1. The zero-order valence-electron chi connectivity index (χ0n) is 22.9. The van der Waals surface area contributed by atoms with Crippen molar-refractivity contribution in [2.45, 2.75) is 135 Å². The van der Waals surface area contributed by atoms with Crippen molar-refractivity contribution in [3.05, 3.63) is 29.8 Å². The number of ether oxygens (including phenoxy) is 5. The molecule has 2 saturated heterocycles. The maximum atomic E-state index is 12.5. The molecule has 0 aromatic heterocycles. The molecule has 0 spiro atoms. The summed E-state index contributed by atoms with van der Waals surface area (Å²) in [5.74, 6) is -0.737. The molecule has 204 valence electrons. The largest absolute Gasteiger partial charge is 0.443 e. The Hall–Kier alpha value is -1.67. The molecule has 1 aromatic rings. The number of fused-ring (bicyclic) bond motifs is 1. The molecular weight excluding hydrogens is 458 g/mol. The zero-order valence-corrected chi connectivity index (χ0v) is 22.9. The second-order valence-corrected chi connectivity index (χ2v) is 10.6. The van der Waals surface area contributed by atoms with Gasteiger partial charge in [0.1, 0.15) is 24.4 Å². The monoisotopic (exact) mass is 505 g/mol. The van der Waals surface area contributed by atoms with Crippen LogP contribution in [0.2, 0.25) is 0 Å². The average molecular weight is 506 g/mol. The van der Waals surface area contributed by atoms with E-state index in [1.54, 1.807) is 0 Å². The third kappa shape index (κ3) is 8.72. The van der Waals surface area contributed by atoms with Crippen molar-refractivity contribution in [2.24, 2.45) is 0 Å². The van der Waals surface area contributed by atoms with Crippen molar-refractivity contribution in [3.8, 4) is 0 Å². The zero-order chi connectivity index (χ0) is 26.0. The fourth-order valence-electron chi connectivity index (χ4n) is 4.98. The van der Waals surface area contributed by atoms with Gasteiger partial charge < -0.3 is 23.7 Å². The Labute approximate surface area is 217 Å². The lowest BCUT2D eigenvalue weighted by atomic mass is 10.1. The molecule has 1 N–H and O–H groups in total. The van der Waals surface area contributed by atoms with Gasteiger partial charge in [-0.25, -0.2) is 4.79 Å². The van der Waals surface area contributed by atoms with Crippen LogP contribution in [0.3, 0.4) is 0 Å². The molecule has 3 rings (SSSR count). The molecule has 0 aliphatic carbocycles. The van der Waals surface area contributed by atoms with Gasteiger partial charge in [0.05, 0.1) is 0 Å². The quantitative estimate of drug-likeness (QED) is 0.256. The predicted octanol–water partition coefficient (Wildman–Crippen LogP) is 7.11. The molecule has 7 nitrogen and oxygen atoms in total. The number of nitrogens with one attached hydrogen (secondary N) is 1. The van der Waals surface area contributed by atoms with Crippen LogP contribution in [0.5, 0.6) is 0 Å². The number of hydrogen-bond acceptors (Lipinski definition) is 6. The van der Waals surface area contributed by atoms with Gasteiger partial charge in [0.2, 0.25) is 0 Å². The molecule has 5 atom stereocenters. The molecule has 2 aliphatic heterocycles. The van der Waals surface area contributed by atoms with Gasteiger partial charge in [-0.2, -0.15) is 0 Å². The third-order valence-corrected chi connectivity index (χ3v) is 6.96. The van der Waals surface area contributed by atoms with Gasteiger partial charge >= 0.3 is 6.09 Å². The summed E-state index contributed by atoms with van der Waals surface area (Å²) in [5.41, 5.74) is 1.69. The summed E-state index contributed by atoms with van der Waals surface area (Å²) in [6.07, 6.45) is 9.99. The van der Waals surface area contributed by atoms with Crippen molar-refractivity contribution >= 4 is 11.8 Å². The minimum absolute atomic E-state index is 0.349. The maximum Gasteiger partial charge on any atom is 0.411 e. The summed E-state index contributed by atoms with van der Waals surface area (Å²) in [6.45, 7) is 10.4. The molecular formula is C29H47NO6. The van der Waals surface area contributed by atoms with E-state index in [9.17, 15) is 4.79 Å². The van der Waals surface area contributed by atoms with Crippen LogP contribution in [0.25, 0.3) is 0 Å². The maximum absolute atomic E-state index is 12.5. The number of para-hydroxylation sites is 1. The van der Waals surface area contributed by atoms with Crippen molar-refractivity contribution in [2.75, 3.05) is 11.9 Å². The molecule has 36 heavy (non-hydrogen) atoms. The minimum atomic E-state index is -0.737. The first-order chi connectivity index (χ1) is 17.3. The summed E-state index contributed by atoms with van der Waals surface area (Å²) < 4.78 is 30.2. The Morgan fingerprint density at radius 1 is 0.972 bits per heavy atom. The first-order valence-electron chi connectivity index (χ1n) is 14.0. The molecule has 0 unspecified atom stereocenters. The van der Waals surface area contributed by atoms with Gasteiger partial charge in [-0.1, -0.05) is 82.9 Å². The summed E-state index contributed by atoms with van der Waals surface area (Å²) in [6, 6.07) is 7.58. The van der Waals surface area contributed by atoms with Gasteiger partial charge in [-0.3, -0.25) is 5.32 Å². The van der Waals surface area contributed by atoms with E-state index in [1.165, 1.54) is 51.4 Å². The minimum Gasteiger partial charge on any atom is -0.443 e. The van der Waals surface area contributed by atoms with Gasteiger partial charge in [-0.05, 0) is 45.7 Å². The van der Waals surface area contributed by atoms with Gasteiger partial charge in [-0.15, -0.1) is 0 Å². The van der Waals surface area contributed by atoms with Gasteiger partial charge in [0, 0.05) is 12.3 Å². The normalized spacial score (nSPS) is 25.5. The Morgan fingerprint density at radius 3 is 2.25 bits per heavy atom. The summed E-state index contributed by atoms with van der Waals surface area (Å²) in [5, 5.41) is 2.81. The summed E-state index contributed by atoms with van der Waals surface area (Å²) >= 11 is 0. The number of rotatable bonds is 15. The Morgan fingerprint density at radius 2 is 1.58 bits per heavy atom. The van der Waals surface area contributed by atoms with Crippen molar-refractivity contribution < 1.29 is 28.5 Å². The fraction of sp³-hybridized carbons (Fsp3) is 0.759. The Balaban J connectivity index is 1.40. The summed E-state index contributed by atoms with van der Waals surface area (Å²) in [7, 11) is 0. The van der Waals surface area contributed by atoms with E-state index < -0.39 is 30.4 Å². The highest BCUT2D eigenvalue weighted by Crippen LogP contribution is 2.40. The highest BCUT2D eigenvalue weighted by Gasteiger charge is 2.57. The Bertz CT molecular complexity index is 800. The van der Waals surface area contributed by atoms with Crippen molar-refractivity contribution in [1.29, 1.82) is 0 Å². The van der Waals surface area contributed by atoms with Crippen LogP contribution in [0.1, 0.15) is 97.5 Å². The van der Waals surface area contributed by atoms with Crippen LogP contribution in [-0.4, -0.2) is 49.2 Å². The smallest absolute Gasteiger partial charge is 0.411 e. The van der Waals surface area contributed by atoms with Crippen LogP contribution in [0.15, 0.2) is 24.3 Å². The number of benzene rings is 1. The highest BCUT2D eigenvalue weighted by molar-refractivity contribution is 5.85.